The van der Waals surface area contributed by atoms with Gasteiger partial charge in [-0.25, -0.2) is 9.59 Å². The molecular weight excluding hydrogens is 412 g/mol. The lowest BCUT2D eigenvalue weighted by molar-refractivity contribution is -0.148. The average Bonchev–Trinajstić information content (AvgIpc) is 3.11. The Morgan fingerprint density at radius 2 is 1.69 bits per heavy atom. The van der Waals surface area contributed by atoms with E-state index in [1.165, 1.54) is 7.11 Å². The summed E-state index contributed by atoms with van der Waals surface area (Å²) in [5.41, 5.74) is 4.35. The first-order chi connectivity index (χ1) is 15.5. The number of methoxy groups -OCH3 is 1. The summed E-state index contributed by atoms with van der Waals surface area (Å²) in [5, 5.41) is 13.9. The third-order valence-corrected chi connectivity index (χ3v) is 5.30. The zero-order chi connectivity index (χ0) is 23.1. The Labute approximate surface area is 185 Å². The number of nitrogens with one attached hydrogen (secondary N) is 2. The molecule has 0 fully saturated rings. The van der Waals surface area contributed by atoms with Gasteiger partial charge in [-0.05, 0) is 22.3 Å². The van der Waals surface area contributed by atoms with E-state index in [4.69, 9.17) is 21.0 Å². The number of amides is 2. The summed E-state index contributed by atoms with van der Waals surface area (Å²) in [6.07, 6.45) is 3.23. The molecule has 1 aliphatic rings. The highest BCUT2D eigenvalue weighted by Gasteiger charge is 2.30. The van der Waals surface area contributed by atoms with Crippen molar-refractivity contribution in [2.75, 3.05) is 20.3 Å². The van der Waals surface area contributed by atoms with Gasteiger partial charge in [-0.3, -0.25) is 4.79 Å². The molecular formula is C24H24N2O6. The van der Waals surface area contributed by atoms with Gasteiger partial charge in [-0.15, -0.1) is 12.3 Å². The number of carboxylic acid groups (broad SMARTS) is 1. The molecule has 166 valence electrons. The molecule has 0 radical (unpaired) electrons. The molecule has 3 N–H and O–H groups in total. The van der Waals surface area contributed by atoms with E-state index >= 15 is 0 Å². The summed E-state index contributed by atoms with van der Waals surface area (Å²) in [6, 6.07) is 14.8. The lowest BCUT2D eigenvalue weighted by Crippen LogP contribution is -2.49. The standard InChI is InChI=1S/C24H24N2O6/c1-3-8-20(22(27)25-13-21(31-2)23(28)29)26-24(30)32-14-19-17-11-6-4-9-15(17)16-10-5-7-12-18(16)19/h1,4-7,9-12,19-21H,8,13-14H2,2H3,(H,25,27)(H,26,30)(H,28,29). The fourth-order valence-corrected chi connectivity index (χ4v) is 3.70. The van der Waals surface area contributed by atoms with Crippen LogP contribution in [0.5, 0.6) is 0 Å². The van der Waals surface area contributed by atoms with Gasteiger partial charge in [0.15, 0.2) is 6.10 Å². The second-order valence-electron chi connectivity index (χ2n) is 7.24. The van der Waals surface area contributed by atoms with Crippen molar-refractivity contribution in [3.63, 3.8) is 0 Å². The maximum Gasteiger partial charge on any atom is 0.407 e. The van der Waals surface area contributed by atoms with E-state index < -0.39 is 30.1 Å². The number of rotatable bonds is 9. The Morgan fingerprint density at radius 1 is 1.09 bits per heavy atom. The van der Waals surface area contributed by atoms with Crippen molar-refractivity contribution in [1.29, 1.82) is 0 Å². The molecule has 1 aliphatic carbocycles. The van der Waals surface area contributed by atoms with Crippen LogP contribution in [0.2, 0.25) is 0 Å². The molecule has 2 aromatic rings. The number of ether oxygens (including phenoxy) is 2. The van der Waals surface area contributed by atoms with Gasteiger partial charge in [-0.1, -0.05) is 48.5 Å². The SMILES string of the molecule is C#CCC(NC(=O)OCC1c2ccccc2-c2ccccc21)C(=O)NCC(OC)C(=O)O. The van der Waals surface area contributed by atoms with Gasteiger partial charge in [0.25, 0.3) is 0 Å². The Bertz CT molecular complexity index is 999. The van der Waals surface area contributed by atoms with Crippen LogP contribution in [0.15, 0.2) is 48.5 Å². The summed E-state index contributed by atoms with van der Waals surface area (Å²) in [6.45, 7) is -0.173. The van der Waals surface area contributed by atoms with Crippen LogP contribution in [0.25, 0.3) is 11.1 Å². The van der Waals surface area contributed by atoms with E-state index in [-0.39, 0.29) is 25.5 Å². The molecule has 2 atom stereocenters. The molecule has 0 bridgehead atoms. The van der Waals surface area contributed by atoms with Crippen LogP contribution >= 0.6 is 0 Å². The van der Waals surface area contributed by atoms with Crippen LogP contribution < -0.4 is 10.6 Å². The van der Waals surface area contributed by atoms with Crippen molar-refractivity contribution in [1.82, 2.24) is 10.6 Å². The lowest BCUT2D eigenvalue weighted by atomic mass is 9.98. The van der Waals surface area contributed by atoms with E-state index in [9.17, 15) is 14.4 Å². The van der Waals surface area contributed by atoms with Gasteiger partial charge in [0.1, 0.15) is 12.6 Å². The molecule has 8 nitrogen and oxygen atoms in total. The van der Waals surface area contributed by atoms with Crippen molar-refractivity contribution in [3.8, 4) is 23.5 Å². The minimum absolute atomic E-state index is 0.0826. The molecule has 0 heterocycles. The molecule has 0 spiro atoms. The maximum absolute atomic E-state index is 12.4. The summed E-state index contributed by atoms with van der Waals surface area (Å²) < 4.78 is 10.2. The summed E-state index contributed by atoms with van der Waals surface area (Å²) in [7, 11) is 1.22. The number of hydrogen-bond donors (Lipinski definition) is 3. The largest absolute Gasteiger partial charge is 0.479 e. The number of carbonyl (C=O) groups is 3. The number of carboxylic acids is 1. The molecule has 0 saturated carbocycles. The van der Waals surface area contributed by atoms with Crippen molar-refractivity contribution in [2.45, 2.75) is 24.5 Å². The van der Waals surface area contributed by atoms with Crippen LogP contribution in [0.4, 0.5) is 4.79 Å². The van der Waals surface area contributed by atoms with Gasteiger partial charge in [0.05, 0.1) is 6.54 Å². The molecule has 2 aromatic carbocycles. The molecule has 8 heteroatoms. The number of alkyl carbamates (subject to hydrolysis) is 1. The van der Waals surface area contributed by atoms with E-state index in [1.807, 2.05) is 48.5 Å². The van der Waals surface area contributed by atoms with Crippen molar-refractivity contribution in [3.05, 3.63) is 59.7 Å². The highest BCUT2D eigenvalue weighted by molar-refractivity contribution is 5.86. The quantitative estimate of drug-likeness (QED) is 0.519. The Morgan fingerprint density at radius 3 is 2.22 bits per heavy atom. The molecule has 2 amide bonds. The summed E-state index contributed by atoms with van der Waals surface area (Å²) >= 11 is 0. The second kappa shape index (κ2) is 10.5. The number of fused-ring (bicyclic) bond motifs is 3. The molecule has 0 saturated heterocycles. The number of hydrogen-bond acceptors (Lipinski definition) is 5. The normalized spacial score (nSPS) is 13.8. The highest BCUT2D eigenvalue weighted by Crippen LogP contribution is 2.44. The summed E-state index contributed by atoms with van der Waals surface area (Å²) in [5.74, 6) is 0.362. The van der Waals surface area contributed by atoms with Gasteiger partial charge >= 0.3 is 12.1 Å². The van der Waals surface area contributed by atoms with Crippen LogP contribution in [0.3, 0.4) is 0 Å². The third kappa shape index (κ3) is 5.07. The van der Waals surface area contributed by atoms with Gasteiger partial charge in [0.2, 0.25) is 5.91 Å². The fraction of sp³-hybridized carbons (Fsp3) is 0.292. The van der Waals surface area contributed by atoms with Gasteiger partial charge in [0, 0.05) is 19.4 Å². The van der Waals surface area contributed by atoms with Crippen LogP contribution in [0, 0.1) is 12.3 Å². The average molecular weight is 436 g/mol. The van der Waals surface area contributed by atoms with Crippen molar-refractivity contribution >= 4 is 18.0 Å². The maximum atomic E-state index is 12.4. The Kier molecular flexibility index (Phi) is 7.47. The number of aliphatic carboxylic acids is 1. The smallest absolute Gasteiger partial charge is 0.407 e. The van der Waals surface area contributed by atoms with Crippen LogP contribution in [-0.2, 0) is 19.1 Å². The predicted octanol–water partition coefficient (Wildman–Crippen LogP) is 2.13. The zero-order valence-electron chi connectivity index (χ0n) is 17.5. The monoisotopic (exact) mass is 436 g/mol. The second-order valence-corrected chi connectivity index (χ2v) is 7.24. The van der Waals surface area contributed by atoms with Crippen molar-refractivity contribution < 1.29 is 29.0 Å². The first-order valence-electron chi connectivity index (χ1n) is 10.0. The van der Waals surface area contributed by atoms with Gasteiger partial charge in [-0.2, -0.15) is 0 Å². The zero-order valence-corrected chi connectivity index (χ0v) is 17.5. The number of terminal acetylenes is 1. The lowest BCUT2D eigenvalue weighted by Gasteiger charge is -2.19. The minimum Gasteiger partial charge on any atom is -0.479 e. The number of carbonyl (C=O) groups excluding carboxylic acids is 2. The van der Waals surface area contributed by atoms with E-state index in [0.717, 1.165) is 22.3 Å². The summed E-state index contributed by atoms with van der Waals surface area (Å²) in [4.78, 5) is 35.8. The van der Waals surface area contributed by atoms with E-state index in [2.05, 4.69) is 16.6 Å². The van der Waals surface area contributed by atoms with E-state index in [1.54, 1.807) is 0 Å². The molecule has 0 aromatic heterocycles. The van der Waals surface area contributed by atoms with Crippen LogP contribution in [0.1, 0.15) is 23.5 Å². The fourth-order valence-electron chi connectivity index (χ4n) is 3.70. The molecule has 3 rings (SSSR count). The first kappa shape index (κ1) is 22.8. The molecule has 2 unspecified atom stereocenters. The topological polar surface area (TPSA) is 114 Å². The van der Waals surface area contributed by atoms with Crippen LogP contribution in [-0.4, -0.2) is 55.5 Å². The first-order valence-corrected chi connectivity index (χ1v) is 10.0. The van der Waals surface area contributed by atoms with E-state index in [0.29, 0.717) is 0 Å². The molecule has 32 heavy (non-hydrogen) atoms. The van der Waals surface area contributed by atoms with Crippen molar-refractivity contribution in [2.24, 2.45) is 0 Å². The van der Waals surface area contributed by atoms with Gasteiger partial charge < -0.3 is 25.2 Å². The third-order valence-electron chi connectivity index (χ3n) is 5.30. The number of benzene rings is 2. The Balaban J connectivity index is 1.61. The highest BCUT2D eigenvalue weighted by atomic mass is 16.5. The Hall–Kier alpha value is -3.83. The predicted molar refractivity (Wildman–Crippen MR) is 117 cm³/mol. The minimum atomic E-state index is -1.22. The molecule has 0 aliphatic heterocycles.